The van der Waals surface area contributed by atoms with E-state index in [9.17, 15) is 10.1 Å². The Morgan fingerprint density at radius 2 is 2.00 bits per heavy atom. The van der Waals surface area contributed by atoms with Crippen molar-refractivity contribution < 1.29 is 4.92 Å². The topological polar surface area (TPSA) is 93.2 Å². The standard InChI is InChI=1S/C12H18N4O2/c13-15-11-7-3-6-10(12(11)16(17)18)14-8-9-4-1-2-5-9/h3,6-7,9,14-15H,1-2,4-5,8,13H2. The molecule has 0 aromatic heterocycles. The van der Waals surface area contributed by atoms with Gasteiger partial charge in [-0.1, -0.05) is 18.9 Å². The molecular weight excluding hydrogens is 232 g/mol. The predicted molar refractivity (Wildman–Crippen MR) is 71.4 cm³/mol. The van der Waals surface area contributed by atoms with Crippen molar-refractivity contribution in [2.75, 3.05) is 17.3 Å². The molecule has 0 amide bonds. The number of nitrogens with two attached hydrogens (primary N) is 1. The van der Waals surface area contributed by atoms with Gasteiger partial charge in [-0.15, -0.1) is 0 Å². The Bertz CT molecular complexity index is 430. The molecule has 0 unspecified atom stereocenters. The highest BCUT2D eigenvalue weighted by molar-refractivity contribution is 5.75. The van der Waals surface area contributed by atoms with E-state index in [0.717, 1.165) is 6.54 Å². The molecule has 1 aliphatic rings. The largest absolute Gasteiger partial charge is 0.379 e. The summed E-state index contributed by atoms with van der Waals surface area (Å²) in [6.45, 7) is 0.787. The number of hydrazine groups is 1. The van der Waals surface area contributed by atoms with Crippen LogP contribution in [-0.4, -0.2) is 11.5 Å². The first-order chi connectivity index (χ1) is 8.72. The number of nitrogen functional groups attached to an aromatic ring is 1. The van der Waals surface area contributed by atoms with Gasteiger partial charge in [0, 0.05) is 6.54 Å². The second-order valence-corrected chi connectivity index (χ2v) is 4.63. The molecule has 4 N–H and O–H groups in total. The molecular formula is C12H18N4O2. The fourth-order valence-electron chi connectivity index (χ4n) is 2.47. The van der Waals surface area contributed by atoms with E-state index in [2.05, 4.69) is 10.7 Å². The van der Waals surface area contributed by atoms with Crippen LogP contribution in [0.15, 0.2) is 18.2 Å². The van der Waals surface area contributed by atoms with E-state index in [1.54, 1.807) is 18.2 Å². The second kappa shape index (κ2) is 5.68. The zero-order valence-corrected chi connectivity index (χ0v) is 10.2. The number of nitro groups is 1. The molecule has 0 bridgehead atoms. The summed E-state index contributed by atoms with van der Waals surface area (Å²) in [5.74, 6) is 5.92. The number of hydrogen-bond acceptors (Lipinski definition) is 5. The fraction of sp³-hybridized carbons (Fsp3) is 0.500. The molecule has 1 aromatic rings. The predicted octanol–water partition coefficient (Wildman–Crippen LogP) is 2.48. The Labute approximate surface area is 106 Å². The third kappa shape index (κ3) is 2.70. The summed E-state index contributed by atoms with van der Waals surface area (Å²) >= 11 is 0. The van der Waals surface area contributed by atoms with Crippen LogP contribution in [0.25, 0.3) is 0 Å². The van der Waals surface area contributed by atoms with Gasteiger partial charge in [0.25, 0.3) is 0 Å². The molecule has 0 saturated heterocycles. The fourth-order valence-corrected chi connectivity index (χ4v) is 2.47. The minimum atomic E-state index is -0.411. The molecule has 0 aliphatic heterocycles. The highest BCUT2D eigenvalue weighted by Gasteiger charge is 2.21. The number of anilines is 2. The van der Waals surface area contributed by atoms with Crippen LogP contribution in [0.1, 0.15) is 25.7 Å². The van der Waals surface area contributed by atoms with Crippen LogP contribution in [0.3, 0.4) is 0 Å². The van der Waals surface area contributed by atoms with Crippen LogP contribution in [0.2, 0.25) is 0 Å². The molecule has 6 nitrogen and oxygen atoms in total. The van der Waals surface area contributed by atoms with Crippen molar-refractivity contribution in [1.82, 2.24) is 0 Å². The van der Waals surface area contributed by atoms with Crippen molar-refractivity contribution in [1.29, 1.82) is 0 Å². The summed E-state index contributed by atoms with van der Waals surface area (Å²) in [4.78, 5) is 10.7. The summed E-state index contributed by atoms with van der Waals surface area (Å²) < 4.78 is 0. The maximum absolute atomic E-state index is 11.1. The molecule has 18 heavy (non-hydrogen) atoms. The van der Waals surface area contributed by atoms with Gasteiger partial charge in [0.05, 0.1) is 4.92 Å². The van der Waals surface area contributed by atoms with Crippen molar-refractivity contribution in [2.45, 2.75) is 25.7 Å². The molecule has 1 saturated carbocycles. The van der Waals surface area contributed by atoms with Crippen molar-refractivity contribution in [2.24, 2.45) is 11.8 Å². The second-order valence-electron chi connectivity index (χ2n) is 4.63. The Balaban J connectivity index is 2.13. The van der Waals surface area contributed by atoms with Gasteiger partial charge in [-0.3, -0.25) is 16.0 Å². The Morgan fingerprint density at radius 3 is 2.61 bits per heavy atom. The van der Waals surface area contributed by atoms with Crippen LogP contribution in [-0.2, 0) is 0 Å². The van der Waals surface area contributed by atoms with Gasteiger partial charge in [0.1, 0.15) is 11.4 Å². The SMILES string of the molecule is NNc1cccc(NCC2CCCC2)c1[N+](=O)[O-]. The molecule has 0 heterocycles. The first-order valence-corrected chi connectivity index (χ1v) is 6.20. The lowest BCUT2D eigenvalue weighted by atomic mass is 10.1. The Kier molecular flexibility index (Phi) is 3.99. The summed E-state index contributed by atoms with van der Waals surface area (Å²) in [6, 6.07) is 5.06. The third-order valence-electron chi connectivity index (χ3n) is 3.43. The maximum Gasteiger partial charge on any atom is 0.316 e. The van der Waals surface area contributed by atoms with Crippen molar-refractivity contribution in [3.05, 3.63) is 28.3 Å². The average molecular weight is 250 g/mol. The van der Waals surface area contributed by atoms with Gasteiger partial charge in [-0.2, -0.15) is 0 Å². The summed E-state index contributed by atoms with van der Waals surface area (Å²) in [7, 11) is 0. The van der Waals surface area contributed by atoms with E-state index in [-0.39, 0.29) is 5.69 Å². The molecule has 6 heteroatoms. The number of benzene rings is 1. The Morgan fingerprint density at radius 1 is 1.33 bits per heavy atom. The quantitative estimate of drug-likeness (QED) is 0.424. The summed E-state index contributed by atoms with van der Waals surface area (Å²) in [5, 5.41) is 14.2. The molecule has 0 spiro atoms. The van der Waals surface area contributed by atoms with Crippen molar-refractivity contribution in [3.63, 3.8) is 0 Å². The van der Waals surface area contributed by atoms with E-state index in [1.165, 1.54) is 25.7 Å². The van der Waals surface area contributed by atoms with Gasteiger partial charge in [-0.05, 0) is 30.9 Å². The monoisotopic (exact) mass is 250 g/mol. The van der Waals surface area contributed by atoms with Gasteiger partial charge in [-0.25, -0.2) is 0 Å². The van der Waals surface area contributed by atoms with Crippen LogP contribution >= 0.6 is 0 Å². The zero-order chi connectivity index (χ0) is 13.0. The van der Waals surface area contributed by atoms with Gasteiger partial charge >= 0.3 is 5.69 Å². The zero-order valence-electron chi connectivity index (χ0n) is 10.2. The van der Waals surface area contributed by atoms with E-state index >= 15 is 0 Å². The number of nitro benzene ring substituents is 1. The molecule has 1 fully saturated rings. The van der Waals surface area contributed by atoms with E-state index < -0.39 is 4.92 Å². The molecule has 98 valence electrons. The van der Waals surface area contributed by atoms with Gasteiger partial charge in [0.15, 0.2) is 0 Å². The van der Waals surface area contributed by atoms with Gasteiger partial charge in [0.2, 0.25) is 0 Å². The lowest BCUT2D eigenvalue weighted by molar-refractivity contribution is -0.383. The summed E-state index contributed by atoms with van der Waals surface area (Å²) in [6.07, 6.45) is 4.93. The third-order valence-corrected chi connectivity index (χ3v) is 3.43. The van der Waals surface area contributed by atoms with Crippen molar-refractivity contribution >= 4 is 17.1 Å². The van der Waals surface area contributed by atoms with Crippen LogP contribution in [0, 0.1) is 16.0 Å². The maximum atomic E-state index is 11.1. The molecule has 1 aliphatic carbocycles. The molecule has 1 aromatic carbocycles. The number of para-hydroxylation sites is 1. The first-order valence-electron chi connectivity index (χ1n) is 6.20. The first kappa shape index (κ1) is 12.6. The Hall–Kier alpha value is -1.82. The normalized spacial score (nSPS) is 15.6. The lowest BCUT2D eigenvalue weighted by Crippen LogP contribution is -2.14. The van der Waals surface area contributed by atoms with E-state index in [0.29, 0.717) is 17.3 Å². The minimum Gasteiger partial charge on any atom is -0.379 e. The van der Waals surface area contributed by atoms with Crippen LogP contribution in [0.5, 0.6) is 0 Å². The lowest BCUT2D eigenvalue weighted by Gasteiger charge is -2.13. The number of hydrogen-bond donors (Lipinski definition) is 3. The van der Waals surface area contributed by atoms with Gasteiger partial charge < -0.3 is 10.7 Å². The number of nitrogens with zero attached hydrogens (tertiary/aromatic N) is 1. The minimum absolute atomic E-state index is 0.0120. The average Bonchev–Trinajstić information content (AvgIpc) is 2.88. The highest BCUT2D eigenvalue weighted by Crippen LogP contribution is 2.33. The molecule has 0 atom stereocenters. The highest BCUT2D eigenvalue weighted by atomic mass is 16.6. The number of rotatable bonds is 5. The smallest absolute Gasteiger partial charge is 0.316 e. The number of nitrogens with one attached hydrogen (secondary N) is 2. The van der Waals surface area contributed by atoms with Crippen LogP contribution in [0.4, 0.5) is 17.1 Å². The van der Waals surface area contributed by atoms with E-state index in [4.69, 9.17) is 5.84 Å². The molecule has 0 radical (unpaired) electrons. The summed E-state index contributed by atoms with van der Waals surface area (Å²) in [5.41, 5.74) is 3.24. The van der Waals surface area contributed by atoms with Crippen molar-refractivity contribution in [3.8, 4) is 0 Å². The molecule has 2 rings (SSSR count). The van der Waals surface area contributed by atoms with E-state index in [1.807, 2.05) is 0 Å². The van der Waals surface area contributed by atoms with Crippen LogP contribution < -0.4 is 16.6 Å².